The number of carbonyl (C=O) groups is 2. The molecule has 2 aromatic rings. The quantitative estimate of drug-likeness (QED) is 0.826. The van der Waals surface area contributed by atoms with E-state index in [2.05, 4.69) is 10.9 Å². The van der Waals surface area contributed by atoms with E-state index in [9.17, 15) is 9.59 Å². The van der Waals surface area contributed by atoms with Crippen LogP contribution in [0, 0.1) is 13.8 Å². The number of rotatable bonds is 5. The average Bonchev–Trinajstić information content (AvgIpc) is 2.89. The molecule has 0 atom stereocenters. The summed E-state index contributed by atoms with van der Waals surface area (Å²) in [4.78, 5) is 24.1. The highest BCUT2D eigenvalue weighted by atomic mass is 16.5. The van der Waals surface area contributed by atoms with Crippen molar-refractivity contribution in [1.82, 2.24) is 10.9 Å². The first kappa shape index (κ1) is 17.7. The van der Waals surface area contributed by atoms with Gasteiger partial charge in [-0.1, -0.05) is 12.1 Å². The van der Waals surface area contributed by atoms with Gasteiger partial charge in [0, 0.05) is 5.56 Å². The molecule has 0 aliphatic rings. The number of nitrogens with one attached hydrogen (secondary N) is 2. The van der Waals surface area contributed by atoms with E-state index in [4.69, 9.17) is 9.15 Å². The molecule has 0 radical (unpaired) electrons. The Hall–Kier alpha value is -2.60. The lowest BCUT2D eigenvalue weighted by molar-refractivity contribution is 0.0656. The van der Waals surface area contributed by atoms with Crippen molar-refractivity contribution in [2.75, 3.05) is 0 Å². The Morgan fingerprint density at radius 2 is 1.71 bits per heavy atom. The Morgan fingerprint density at radius 3 is 2.25 bits per heavy atom. The second-order valence-electron chi connectivity index (χ2n) is 5.79. The molecule has 0 aliphatic carbocycles. The van der Waals surface area contributed by atoms with E-state index in [0.717, 1.165) is 5.56 Å². The highest BCUT2D eigenvalue weighted by Crippen LogP contribution is 2.13. The molecule has 0 saturated heterocycles. The number of carbonyl (C=O) groups excluding carboxylic acids is 2. The predicted octanol–water partition coefficient (Wildman–Crippen LogP) is 2.90. The van der Waals surface area contributed by atoms with Crippen LogP contribution in [0.15, 0.2) is 34.7 Å². The normalized spacial score (nSPS) is 10.7. The molecule has 6 heteroatoms. The van der Waals surface area contributed by atoms with E-state index >= 15 is 0 Å². The minimum atomic E-state index is -0.417. The van der Waals surface area contributed by atoms with Crippen LogP contribution in [0.2, 0.25) is 0 Å². The molecular formula is C18H22N2O4. The maximum Gasteiger partial charge on any atom is 0.273 e. The van der Waals surface area contributed by atoms with Gasteiger partial charge in [0.15, 0.2) is 0 Å². The van der Waals surface area contributed by atoms with Crippen molar-refractivity contribution in [3.05, 3.63) is 58.5 Å². The average molecular weight is 330 g/mol. The minimum absolute atomic E-state index is 0.151. The van der Waals surface area contributed by atoms with Crippen LogP contribution in [0.3, 0.4) is 0 Å². The van der Waals surface area contributed by atoms with Crippen LogP contribution in [-0.4, -0.2) is 17.9 Å². The number of hydrazine groups is 1. The van der Waals surface area contributed by atoms with Crippen LogP contribution < -0.4 is 10.9 Å². The van der Waals surface area contributed by atoms with Crippen molar-refractivity contribution in [3.63, 3.8) is 0 Å². The lowest BCUT2D eigenvalue weighted by Crippen LogP contribution is -2.41. The van der Waals surface area contributed by atoms with Gasteiger partial charge in [-0.25, -0.2) is 0 Å². The summed E-state index contributed by atoms with van der Waals surface area (Å²) in [6, 6.07) is 8.65. The molecule has 6 nitrogen and oxygen atoms in total. The van der Waals surface area contributed by atoms with Crippen LogP contribution >= 0.6 is 0 Å². The van der Waals surface area contributed by atoms with Gasteiger partial charge in [0.2, 0.25) is 0 Å². The number of furan rings is 1. The van der Waals surface area contributed by atoms with E-state index in [0.29, 0.717) is 29.3 Å². The zero-order valence-corrected chi connectivity index (χ0v) is 14.3. The smallest absolute Gasteiger partial charge is 0.273 e. The van der Waals surface area contributed by atoms with Crippen molar-refractivity contribution in [2.24, 2.45) is 0 Å². The highest BCUT2D eigenvalue weighted by molar-refractivity contribution is 5.99. The first-order valence-electron chi connectivity index (χ1n) is 7.75. The summed E-state index contributed by atoms with van der Waals surface area (Å²) in [5, 5.41) is 0. The van der Waals surface area contributed by atoms with Gasteiger partial charge in [0.05, 0.1) is 18.3 Å². The third-order valence-corrected chi connectivity index (χ3v) is 3.37. The van der Waals surface area contributed by atoms with Gasteiger partial charge < -0.3 is 9.15 Å². The number of ether oxygens (including phenoxy) is 1. The summed E-state index contributed by atoms with van der Waals surface area (Å²) in [6.45, 7) is 7.88. The number of hydrogen-bond donors (Lipinski definition) is 2. The molecule has 0 fully saturated rings. The Labute approximate surface area is 141 Å². The lowest BCUT2D eigenvalue weighted by Gasteiger charge is -2.09. The van der Waals surface area contributed by atoms with Gasteiger partial charge in [-0.05, 0) is 51.5 Å². The van der Waals surface area contributed by atoms with Crippen LogP contribution in [0.25, 0.3) is 0 Å². The van der Waals surface area contributed by atoms with Crippen molar-refractivity contribution < 1.29 is 18.7 Å². The fourth-order valence-corrected chi connectivity index (χ4v) is 2.12. The van der Waals surface area contributed by atoms with Crippen molar-refractivity contribution >= 4 is 11.8 Å². The molecule has 1 aromatic carbocycles. The van der Waals surface area contributed by atoms with Gasteiger partial charge in [0.25, 0.3) is 11.8 Å². The summed E-state index contributed by atoms with van der Waals surface area (Å²) in [6.07, 6.45) is 0.151. The highest BCUT2D eigenvalue weighted by Gasteiger charge is 2.14. The third kappa shape index (κ3) is 4.70. The first-order chi connectivity index (χ1) is 11.4. The molecule has 0 saturated carbocycles. The maximum absolute atomic E-state index is 12.1. The molecule has 24 heavy (non-hydrogen) atoms. The molecule has 2 amide bonds. The second kappa shape index (κ2) is 7.79. The fraction of sp³-hybridized carbons (Fsp3) is 0.333. The van der Waals surface area contributed by atoms with E-state index in [1.807, 2.05) is 26.0 Å². The van der Waals surface area contributed by atoms with Gasteiger partial charge in [-0.2, -0.15) is 0 Å². The maximum atomic E-state index is 12.1. The van der Waals surface area contributed by atoms with Crippen molar-refractivity contribution in [2.45, 2.75) is 40.4 Å². The summed E-state index contributed by atoms with van der Waals surface area (Å²) in [7, 11) is 0. The van der Waals surface area contributed by atoms with Crippen molar-refractivity contribution in [3.8, 4) is 0 Å². The summed E-state index contributed by atoms with van der Waals surface area (Å²) < 4.78 is 10.8. The van der Waals surface area contributed by atoms with E-state index in [1.165, 1.54) is 0 Å². The van der Waals surface area contributed by atoms with E-state index in [1.54, 1.807) is 32.0 Å². The fourth-order valence-electron chi connectivity index (χ4n) is 2.12. The number of hydrogen-bond acceptors (Lipinski definition) is 4. The lowest BCUT2D eigenvalue weighted by atomic mass is 10.1. The van der Waals surface area contributed by atoms with Gasteiger partial charge in [-0.3, -0.25) is 20.4 Å². The molecule has 0 unspecified atom stereocenters. The Kier molecular flexibility index (Phi) is 5.76. The second-order valence-corrected chi connectivity index (χ2v) is 5.79. The monoisotopic (exact) mass is 330 g/mol. The predicted molar refractivity (Wildman–Crippen MR) is 89.5 cm³/mol. The SMILES string of the molecule is Cc1cc(C(=O)NNC(=O)c2ccc(COC(C)C)cc2)c(C)o1. The largest absolute Gasteiger partial charge is 0.466 e. The van der Waals surface area contributed by atoms with Crippen LogP contribution in [-0.2, 0) is 11.3 Å². The Balaban J connectivity index is 1.90. The Morgan fingerprint density at radius 1 is 1.08 bits per heavy atom. The van der Waals surface area contributed by atoms with Crippen LogP contribution in [0.4, 0.5) is 0 Å². The molecule has 0 bridgehead atoms. The molecule has 2 N–H and O–H groups in total. The third-order valence-electron chi connectivity index (χ3n) is 3.37. The van der Waals surface area contributed by atoms with Gasteiger partial charge in [-0.15, -0.1) is 0 Å². The van der Waals surface area contributed by atoms with Crippen LogP contribution in [0.1, 0.15) is 51.6 Å². The molecule has 1 aromatic heterocycles. The number of amides is 2. The molecule has 0 aliphatic heterocycles. The first-order valence-corrected chi connectivity index (χ1v) is 7.75. The van der Waals surface area contributed by atoms with Crippen LogP contribution in [0.5, 0.6) is 0 Å². The minimum Gasteiger partial charge on any atom is -0.466 e. The van der Waals surface area contributed by atoms with Crippen molar-refractivity contribution in [1.29, 1.82) is 0 Å². The Bertz CT molecular complexity index is 717. The molecular weight excluding hydrogens is 308 g/mol. The van der Waals surface area contributed by atoms with E-state index in [-0.39, 0.29) is 6.10 Å². The molecule has 2 rings (SSSR count). The summed E-state index contributed by atoms with van der Waals surface area (Å²) >= 11 is 0. The number of benzene rings is 1. The van der Waals surface area contributed by atoms with Gasteiger partial charge >= 0.3 is 0 Å². The van der Waals surface area contributed by atoms with Gasteiger partial charge in [0.1, 0.15) is 11.5 Å². The standard InChI is InChI=1S/C18H22N2O4/c1-11(2)23-10-14-5-7-15(8-6-14)17(21)19-20-18(22)16-9-12(3)24-13(16)4/h5-9,11H,10H2,1-4H3,(H,19,21)(H,20,22). The molecule has 1 heterocycles. The number of aryl methyl sites for hydroxylation is 2. The zero-order valence-electron chi connectivity index (χ0n) is 14.3. The summed E-state index contributed by atoms with van der Waals surface area (Å²) in [5.74, 6) is 0.342. The molecule has 128 valence electrons. The topological polar surface area (TPSA) is 80.6 Å². The zero-order chi connectivity index (χ0) is 17.7. The summed E-state index contributed by atoms with van der Waals surface area (Å²) in [5.41, 5.74) is 6.60. The van der Waals surface area contributed by atoms with E-state index < -0.39 is 11.8 Å². The molecule has 0 spiro atoms.